The highest BCUT2D eigenvalue weighted by Gasteiger charge is 2.09. The van der Waals surface area contributed by atoms with E-state index < -0.39 is 0 Å². The van der Waals surface area contributed by atoms with Crippen molar-refractivity contribution in [1.29, 1.82) is 0 Å². The lowest BCUT2D eigenvalue weighted by atomic mass is 10.0. The normalized spacial score (nSPS) is 11.5. The third-order valence-corrected chi connectivity index (χ3v) is 3.12. The van der Waals surface area contributed by atoms with Gasteiger partial charge in [0.05, 0.1) is 0 Å². The van der Waals surface area contributed by atoms with Crippen LogP contribution in [-0.2, 0) is 0 Å². The van der Waals surface area contributed by atoms with Crippen molar-refractivity contribution in [2.24, 2.45) is 5.73 Å². The standard InChI is InChI=1S/C12H19BrN2/c1-9-4-5-10(8-11(9)13)15-7-6-12(2,3)14/h4-5,8,15H,6-7,14H2,1-3H3. The van der Waals surface area contributed by atoms with E-state index in [4.69, 9.17) is 5.73 Å². The molecule has 0 amide bonds. The Kier molecular flexibility index (Phi) is 4.17. The molecule has 1 aromatic rings. The Bertz CT molecular complexity index is 329. The Morgan fingerprint density at radius 3 is 2.60 bits per heavy atom. The summed E-state index contributed by atoms with van der Waals surface area (Å²) in [5.74, 6) is 0. The minimum absolute atomic E-state index is 0.102. The molecule has 0 unspecified atom stereocenters. The van der Waals surface area contributed by atoms with Gasteiger partial charge in [0.2, 0.25) is 0 Å². The predicted molar refractivity (Wildman–Crippen MR) is 70.3 cm³/mol. The fourth-order valence-electron chi connectivity index (χ4n) is 1.23. The highest BCUT2D eigenvalue weighted by Crippen LogP contribution is 2.20. The van der Waals surface area contributed by atoms with Gasteiger partial charge in [-0.1, -0.05) is 22.0 Å². The van der Waals surface area contributed by atoms with E-state index in [9.17, 15) is 0 Å². The molecule has 0 bridgehead atoms. The average Bonchev–Trinajstić information content (AvgIpc) is 2.09. The number of anilines is 1. The summed E-state index contributed by atoms with van der Waals surface area (Å²) in [6.07, 6.45) is 0.957. The molecular formula is C12H19BrN2. The highest BCUT2D eigenvalue weighted by molar-refractivity contribution is 9.10. The quantitative estimate of drug-likeness (QED) is 0.881. The van der Waals surface area contributed by atoms with Gasteiger partial charge < -0.3 is 11.1 Å². The van der Waals surface area contributed by atoms with Crippen LogP contribution < -0.4 is 11.1 Å². The largest absolute Gasteiger partial charge is 0.385 e. The van der Waals surface area contributed by atoms with Crippen LogP contribution in [0.4, 0.5) is 5.69 Å². The van der Waals surface area contributed by atoms with E-state index in [1.54, 1.807) is 0 Å². The summed E-state index contributed by atoms with van der Waals surface area (Å²) in [4.78, 5) is 0. The molecule has 84 valence electrons. The number of aryl methyl sites for hydroxylation is 1. The Balaban J connectivity index is 2.48. The van der Waals surface area contributed by atoms with Crippen LogP contribution in [0.1, 0.15) is 25.8 Å². The lowest BCUT2D eigenvalue weighted by Crippen LogP contribution is -2.34. The number of hydrogen-bond donors (Lipinski definition) is 2. The summed E-state index contributed by atoms with van der Waals surface area (Å²) in [6, 6.07) is 6.28. The van der Waals surface area contributed by atoms with Crippen LogP contribution in [0.2, 0.25) is 0 Å². The third kappa shape index (κ3) is 4.67. The zero-order valence-corrected chi connectivity index (χ0v) is 11.2. The fourth-order valence-corrected chi connectivity index (χ4v) is 1.61. The first-order valence-corrected chi connectivity index (χ1v) is 5.97. The molecule has 0 saturated heterocycles. The van der Waals surface area contributed by atoms with Crippen LogP contribution >= 0.6 is 15.9 Å². The van der Waals surface area contributed by atoms with E-state index in [1.165, 1.54) is 5.56 Å². The van der Waals surface area contributed by atoms with Crippen LogP contribution in [0.25, 0.3) is 0 Å². The molecule has 0 atom stereocenters. The molecule has 0 aliphatic heterocycles. The van der Waals surface area contributed by atoms with Crippen molar-refractivity contribution in [2.75, 3.05) is 11.9 Å². The number of nitrogens with one attached hydrogen (secondary N) is 1. The number of halogens is 1. The second-order valence-electron chi connectivity index (χ2n) is 4.63. The van der Waals surface area contributed by atoms with Crippen LogP contribution in [0.3, 0.4) is 0 Å². The van der Waals surface area contributed by atoms with Gasteiger partial charge in [0.25, 0.3) is 0 Å². The number of benzene rings is 1. The molecule has 3 heteroatoms. The van der Waals surface area contributed by atoms with Crippen molar-refractivity contribution in [3.63, 3.8) is 0 Å². The van der Waals surface area contributed by atoms with Crippen LogP contribution in [0.15, 0.2) is 22.7 Å². The molecule has 0 fully saturated rings. The maximum atomic E-state index is 5.90. The molecule has 0 heterocycles. The summed E-state index contributed by atoms with van der Waals surface area (Å²) in [6.45, 7) is 7.06. The molecule has 1 rings (SSSR count). The van der Waals surface area contributed by atoms with Crippen molar-refractivity contribution in [1.82, 2.24) is 0 Å². The van der Waals surface area contributed by atoms with E-state index in [2.05, 4.69) is 46.4 Å². The summed E-state index contributed by atoms with van der Waals surface area (Å²) in [5, 5.41) is 3.36. The van der Waals surface area contributed by atoms with Crippen LogP contribution in [-0.4, -0.2) is 12.1 Å². The predicted octanol–water partition coefficient (Wildman–Crippen LogP) is 3.30. The third-order valence-electron chi connectivity index (χ3n) is 2.27. The molecule has 0 aliphatic carbocycles. The molecular weight excluding hydrogens is 252 g/mol. The van der Waals surface area contributed by atoms with E-state index in [0.29, 0.717) is 0 Å². The fraction of sp³-hybridized carbons (Fsp3) is 0.500. The number of nitrogens with two attached hydrogens (primary N) is 1. The molecule has 0 radical (unpaired) electrons. The number of rotatable bonds is 4. The van der Waals surface area contributed by atoms with Gasteiger partial charge in [-0.25, -0.2) is 0 Å². The molecule has 0 saturated carbocycles. The van der Waals surface area contributed by atoms with Crippen molar-refractivity contribution < 1.29 is 0 Å². The lowest BCUT2D eigenvalue weighted by molar-refractivity contribution is 0.491. The first-order chi connectivity index (χ1) is 6.88. The van der Waals surface area contributed by atoms with Crippen molar-refractivity contribution in [3.8, 4) is 0 Å². The maximum Gasteiger partial charge on any atom is 0.0351 e. The first kappa shape index (κ1) is 12.5. The van der Waals surface area contributed by atoms with Gasteiger partial charge in [0.1, 0.15) is 0 Å². The van der Waals surface area contributed by atoms with Gasteiger partial charge in [-0.15, -0.1) is 0 Å². The second-order valence-corrected chi connectivity index (χ2v) is 5.48. The molecule has 0 spiro atoms. The SMILES string of the molecule is Cc1ccc(NCCC(C)(C)N)cc1Br. The van der Waals surface area contributed by atoms with E-state index in [-0.39, 0.29) is 5.54 Å². The zero-order valence-electron chi connectivity index (χ0n) is 9.60. The minimum Gasteiger partial charge on any atom is -0.385 e. The Morgan fingerprint density at radius 2 is 2.07 bits per heavy atom. The summed E-state index contributed by atoms with van der Waals surface area (Å²) < 4.78 is 1.14. The highest BCUT2D eigenvalue weighted by atomic mass is 79.9. The van der Waals surface area contributed by atoms with E-state index in [0.717, 1.165) is 23.1 Å². The molecule has 15 heavy (non-hydrogen) atoms. The average molecular weight is 271 g/mol. The van der Waals surface area contributed by atoms with Gasteiger partial charge in [-0.05, 0) is 44.9 Å². The van der Waals surface area contributed by atoms with Gasteiger partial charge in [0, 0.05) is 22.2 Å². The smallest absolute Gasteiger partial charge is 0.0351 e. The molecule has 0 aromatic heterocycles. The summed E-state index contributed by atoms with van der Waals surface area (Å²) in [7, 11) is 0. The monoisotopic (exact) mass is 270 g/mol. The maximum absolute atomic E-state index is 5.90. The van der Waals surface area contributed by atoms with Gasteiger partial charge in [0.15, 0.2) is 0 Å². The Hall–Kier alpha value is -0.540. The molecule has 1 aromatic carbocycles. The van der Waals surface area contributed by atoms with Crippen molar-refractivity contribution in [3.05, 3.63) is 28.2 Å². The van der Waals surface area contributed by atoms with Crippen molar-refractivity contribution in [2.45, 2.75) is 32.7 Å². The molecule has 0 aliphatic rings. The Labute approximate surface area is 100 Å². The topological polar surface area (TPSA) is 38.0 Å². The molecule has 3 N–H and O–H groups in total. The second kappa shape index (κ2) is 4.99. The van der Waals surface area contributed by atoms with Crippen LogP contribution in [0.5, 0.6) is 0 Å². The van der Waals surface area contributed by atoms with Gasteiger partial charge in [-0.3, -0.25) is 0 Å². The van der Waals surface area contributed by atoms with E-state index >= 15 is 0 Å². The molecule has 2 nitrogen and oxygen atoms in total. The van der Waals surface area contributed by atoms with Crippen molar-refractivity contribution >= 4 is 21.6 Å². The van der Waals surface area contributed by atoms with Gasteiger partial charge in [-0.2, -0.15) is 0 Å². The Morgan fingerprint density at radius 1 is 1.40 bits per heavy atom. The lowest BCUT2D eigenvalue weighted by Gasteiger charge is -2.18. The summed E-state index contributed by atoms with van der Waals surface area (Å²) in [5.41, 5.74) is 8.19. The zero-order chi connectivity index (χ0) is 11.5. The minimum atomic E-state index is -0.102. The summed E-state index contributed by atoms with van der Waals surface area (Å²) >= 11 is 3.51. The van der Waals surface area contributed by atoms with Gasteiger partial charge >= 0.3 is 0 Å². The van der Waals surface area contributed by atoms with E-state index in [1.807, 2.05) is 13.8 Å². The number of hydrogen-bond acceptors (Lipinski definition) is 2. The van der Waals surface area contributed by atoms with Crippen LogP contribution in [0, 0.1) is 6.92 Å². The first-order valence-electron chi connectivity index (χ1n) is 5.17.